The van der Waals surface area contributed by atoms with Crippen molar-refractivity contribution in [3.05, 3.63) is 29.8 Å². The molecule has 0 saturated carbocycles. The van der Waals surface area contributed by atoms with Gasteiger partial charge in [-0.15, -0.1) is 0 Å². The molecular weight excluding hydrogens is 230 g/mol. The van der Waals surface area contributed by atoms with E-state index in [-0.39, 0.29) is 5.91 Å². The Bertz CT molecular complexity index is 360. The lowest BCUT2D eigenvalue weighted by Crippen LogP contribution is -2.30. The van der Waals surface area contributed by atoms with Gasteiger partial charge in [-0.25, -0.2) is 0 Å². The minimum absolute atomic E-state index is 0.00980. The highest BCUT2D eigenvalue weighted by molar-refractivity contribution is 5.75. The minimum atomic E-state index is -0.490. The van der Waals surface area contributed by atoms with Gasteiger partial charge in [-0.2, -0.15) is 0 Å². The Hall–Kier alpha value is -1.55. The molecule has 100 valence electrons. The highest BCUT2D eigenvalue weighted by Gasteiger charge is 2.03. The number of ether oxygens (including phenoxy) is 1. The van der Waals surface area contributed by atoms with E-state index in [0.717, 1.165) is 18.6 Å². The van der Waals surface area contributed by atoms with E-state index in [1.807, 2.05) is 24.3 Å². The van der Waals surface area contributed by atoms with Crippen LogP contribution in [0.1, 0.15) is 25.3 Å². The van der Waals surface area contributed by atoms with Gasteiger partial charge < -0.3 is 15.2 Å². The zero-order valence-electron chi connectivity index (χ0n) is 11.0. The van der Waals surface area contributed by atoms with E-state index in [1.54, 1.807) is 14.0 Å². The van der Waals surface area contributed by atoms with Gasteiger partial charge in [0.1, 0.15) is 5.75 Å². The van der Waals surface area contributed by atoms with Crippen molar-refractivity contribution in [3.8, 4) is 5.75 Å². The molecule has 0 saturated heterocycles. The maximum atomic E-state index is 11.4. The molecule has 1 unspecified atom stereocenters. The number of aliphatic hydroxyl groups excluding tert-OH is 1. The Morgan fingerprint density at radius 2 is 2.06 bits per heavy atom. The summed E-state index contributed by atoms with van der Waals surface area (Å²) < 4.78 is 5.08. The largest absolute Gasteiger partial charge is 0.497 e. The fraction of sp³-hybridized carbons (Fsp3) is 0.500. The number of methoxy groups -OCH3 is 1. The van der Waals surface area contributed by atoms with Crippen LogP contribution >= 0.6 is 0 Å². The van der Waals surface area contributed by atoms with Crippen LogP contribution in [-0.2, 0) is 11.2 Å². The highest BCUT2D eigenvalue weighted by Crippen LogP contribution is 2.13. The molecule has 0 aliphatic carbocycles. The third-order valence-corrected chi connectivity index (χ3v) is 2.62. The van der Waals surface area contributed by atoms with Crippen molar-refractivity contribution in [2.24, 2.45) is 0 Å². The Morgan fingerprint density at radius 3 is 2.61 bits per heavy atom. The number of nitrogens with one attached hydrogen (secondary N) is 1. The van der Waals surface area contributed by atoms with Gasteiger partial charge >= 0.3 is 0 Å². The number of carbonyl (C=O) groups is 1. The maximum absolute atomic E-state index is 11.4. The maximum Gasteiger partial charge on any atom is 0.220 e. The molecule has 1 aromatic rings. The quantitative estimate of drug-likeness (QED) is 0.772. The molecular formula is C14H21NO3. The number of aryl methyl sites for hydroxylation is 1. The molecule has 0 aromatic heterocycles. The zero-order chi connectivity index (χ0) is 13.4. The molecule has 1 rings (SSSR count). The number of hydrogen-bond donors (Lipinski definition) is 2. The van der Waals surface area contributed by atoms with Crippen LogP contribution in [0, 0.1) is 0 Å². The monoisotopic (exact) mass is 251 g/mol. The Labute approximate surface area is 108 Å². The van der Waals surface area contributed by atoms with Crippen LogP contribution < -0.4 is 10.1 Å². The fourth-order valence-corrected chi connectivity index (χ4v) is 1.60. The first-order valence-electron chi connectivity index (χ1n) is 6.19. The van der Waals surface area contributed by atoms with Crippen molar-refractivity contribution in [2.45, 2.75) is 32.3 Å². The summed E-state index contributed by atoms with van der Waals surface area (Å²) in [7, 11) is 1.64. The number of carbonyl (C=O) groups excluding carboxylic acids is 1. The van der Waals surface area contributed by atoms with E-state index in [1.165, 1.54) is 5.56 Å². The van der Waals surface area contributed by atoms with Gasteiger partial charge in [0.15, 0.2) is 0 Å². The van der Waals surface area contributed by atoms with Gasteiger partial charge in [-0.05, 0) is 37.5 Å². The molecule has 0 spiro atoms. The molecule has 0 bridgehead atoms. The first kappa shape index (κ1) is 14.5. The number of benzene rings is 1. The van der Waals surface area contributed by atoms with Crippen LogP contribution in [-0.4, -0.2) is 30.8 Å². The highest BCUT2D eigenvalue weighted by atomic mass is 16.5. The Balaban J connectivity index is 2.22. The lowest BCUT2D eigenvalue weighted by Gasteiger charge is -2.07. The summed E-state index contributed by atoms with van der Waals surface area (Å²) in [5.74, 6) is 0.831. The Kier molecular flexibility index (Phi) is 6.22. The van der Waals surface area contributed by atoms with Gasteiger partial charge in [0.25, 0.3) is 0 Å². The van der Waals surface area contributed by atoms with Gasteiger partial charge in [0.05, 0.1) is 13.2 Å². The van der Waals surface area contributed by atoms with E-state index in [9.17, 15) is 4.79 Å². The molecule has 1 atom stereocenters. The molecule has 1 aromatic carbocycles. The zero-order valence-corrected chi connectivity index (χ0v) is 11.0. The van der Waals surface area contributed by atoms with Gasteiger partial charge in [-0.1, -0.05) is 12.1 Å². The molecule has 4 nitrogen and oxygen atoms in total. The van der Waals surface area contributed by atoms with Gasteiger partial charge in [0.2, 0.25) is 5.91 Å². The van der Waals surface area contributed by atoms with E-state index in [2.05, 4.69) is 5.32 Å². The summed E-state index contributed by atoms with van der Waals surface area (Å²) in [6.07, 6.45) is 1.67. The van der Waals surface area contributed by atoms with Crippen molar-refractivity contribution >= 4 is 5.91 Å². The lowest BCUT2D eigenvalue weighted by atomic mass is 10.1. The normalized spacial score (nSPS) is 11.9. The van der Waals surface area contributed by atoms with Crippen LogP contribution in [0.5, 0.6) is 5.75 Å². The number of aliphatic hydroxyl groups is 1. The Morgan fingerprint density at radius 1 is 1.39 bits per heavy atom. The van der Waals surface area contributed by atoms with E-state index in [4.69, 9.17) is 9.84 Å². The van der Waals surface area contributed by atoms with Crippen LogP contribution in [0.15, 0.2) is 24.3 Å². The van der Waals surface area contributed by atoms with Crippen molar-refractivity contribution in [2.75, 3.05) is 13.7 Å². The van der Waals surface area contributed by atoms with Crippen molar-refractivity contribution in [3.63, 3.8) is 0 Å². The molecule has 2 N–H and O–H groups in total. The molecule has 0 heterocycles. The first-order valence-corrected chi connectivity index (χ1v) is 6.19. The van der Waals surface area contributed by atoms with Gasteiger partial charge in [0, 0.05) is 13.0 Å². The molecule has 4 heteroatoms. The topological polar surface area (TPSA) is 58.6 Å². The van der Waals surface area contributed by atoms with E-state index in [0.29, 0.717) is 13.0 Å². The van der Waals surface area contributed by atoms with Crippen LogP contribution in [0.2, 0.25) is 0 Å². The second-order valence-corrected chi connectivity index (χ2v) is 4.35. The van der Waals surface area contributed by atoms with Crippen LogP contribution in [0.3, 0.4) is 0 Å². The molecule has 0 radical (unpaired) electrons. The SMILES string of the molecule is COc1ccc(CCCC(=O)NCC(C)O)cc1. The summed E-state index contributed by atoms with van der Waals surface area (Å²) in [6, 6.07) is 7.85. The first-order chi connectivity index (χ1) is 8.61. The number of amides is 1. The molecule has 0 aliphatic rings. The van der Waals surface area contributed by atoms with Gasteiger partial charge in [-0.3, -0.25) is 4.79 Å². The van der Waals surface area contributed by atoms with E-state index < -0.39 is 6.10 Å². The minimum Gasteiger partial charge on any atom is -0.497 e. The summed E-state index contributed by atoms with van der Waals surface area (Å²) in [5, 5.41) is 11.7. The van der Waals surface area contributed by atoms with E-state index >= 15 is 0 Å². The molecule has 0 fully saturated rings. The third-order valence-electron chi connectivity index (χ3n) is 2.62. The lowest BCUT2D eigenvalue weighted by molar-refractivity contribution is -0.121. The predicted octanol–water partition coefficient (Wildman–Crippen LogP) is 1.51. The average Bonchev–Trinajstić information content (AvgIpc) is 2.37. The van der Waals surface area contributed by atoms with Crippen LogP contribution in [0.25, 0.3) is 0 Å². The molecule has 0 aliphatic heterocycles. The average molecular weight is 251 g/mol. The molecule has 18 heavy (non-hydrogen) atoms. The van der Waals surface area contributed by atoms with Crippen molar-refractivity contribution in [1.82, 2.24) is 5.32 Å². The third kappa shape index (κ3) is 5.68. The summed E-state index contributed by atoms with van der Waals surface area (Å²) in [5.41, 5.74) is 1.19. The molecule has 1 amide bonds. The second-order valence-electron chi connectivity index (χ2n) is 4.35. The number of hydrogen-bond acceptors (Lipinski definition) is 3. The predicted molar refractivity (Wildman–Crippen MR) is 70.6 cm³/mol. The van der Waals surface area contributed by atoms with Crippen molar-refractivity contribution < 1.29 is 14.6 Å². The summed E-state index contributed by atoms with van der Waals surface area (Å²) >= 11 is 0. The smallest absolute Gasteiger partial charge is 0.220 e. The van der Waals surface area contributed by atoms with Crippen LogP contribution in [0.4, 0.5) is 0 Å². The van der Waals surface area contributed by atoms with Crippen molar-refractivity contribution in [1.29, 1.82) is 0 Å². The second kappa shape index (κ2) is 7.71. The summed E-state index contributed by atoms with van der Waals surface area (Å²) in [6.45, 7) is 1.97. The standard InChI is InChI=1S/C14H21NO3/c1-11(16)10-15-14(17)5-3-4-12-6-8-13(18-2)9-7-12/h6-9,11,16H,3-5,10H2,1-2H3,(H,15,17). The summed E-state index contributed by atoms with van der Waals surface area (Å²) in [4.78, 5) is 11.4. The number of rotatable bonds is 7. The fourth-order valence-electron chi connectivity index (χ4n) is 1.60.